The Morgan fingerprint density at radius 2 is 1.25 bits per heavy atom. The van der Waals surface area contributed by atoms with E-state index in [1.54, 1.807) is 24.3 Å². The maximum absolute atomic E-state index is 13.8. The van der Waals surface area contributed by atoms with Gasteiger partial charge in [0.15, 0.2) is 0 Å². The molecular formula is C29H34N4O3. The molecule has 4 amide bonds. The molecule has 0 spiro atoms. The van der Waals surface area contributed by atoms with Crippen LogP contribution >= 0.6 is 0 Å². The molecule has 5 fully saturated rings. The van der Waals surface area contributed by atoms with E-state index in [1.165, 1.54) is 19.3 Å². The van der Waals surface area contributed by atoms with Gasteiger partial charge in [-0.2, -0.15) is 0 Å². The molecule has 1 saturated heterocycles. The van der Waals surface area contributed by atoms with Crippen molar-refractivity contribution in [3.05, 3.63) is 54.6 Å². The molecule has 7 nitrogen and oxygen atoms in total. The molecule has 1 heterocycles. The van der Waals surface area contributed by atoms with Gasteiger partial charge in [-0.05, 0) is 106 Å². The van der Waals surface area contributed by atoms with E-state index < -0.39 is 6.04 Å². The predicted molar refractivity (Wildman–Crippen MR) is 139 cm³/mol. The van der Waals surface area contributed by atoms with E-state index in [4.69, 9.17) is 0 Å². The number of hydrogen-bond acceptors (Lipinski definition) is 3. The second-order valence-corrected chi connectivity index (χ2v) is 11.4. The van der Waals surface area contributed by atoms with E-state index in [-0.39, 0.29) is 23.3 Å². The molecule has 36 heavy (non-hydrogen) atoms. The number of para-hydroxylation sites is 1. The quantitative estimate of drug-likeness (QED) is 0.523. The third-order valence-corrected chi connectivity index (χ3v) is 8.75. The molecule has 7 heteroatoms. The van der Waals surface area contributed by atoms with Crippen LogP contribution in [-0.2, 0) is 9.59 Å². The van der Waals surface area contributed by atoms with E-state index in [1.807, 2.05) is 35.2 Å². The molecule has 0 aromatic heterocycles. The highest BCUT2D eigenvalue weighted by Gasteiger charge is 2.56. The standard InChI is InChI=1S/C29H34N4O3/c34-26(30-23-8-10-24(11-9-23)32-28(36)31-22-5-2-1-3-6-22)25-7-4-12-33(25)27(35)29-16-19-13-20(17-29)15-21(14-19)18-29/h1-3,5-6,8-11,19-21,25H,4,7,12-18H2,(H,30,34)(H2,31,32,36). The number of carbonyl (C=O) groups is 3. The number of hydrogen-bond donors (Lipinski definition) is 3. The molecule has 188 valence electrons. The molecule has 1 atom stereocenters. The topological polar surface area (TPSA) is 90.5 Å². The van der Waals surface area contributed by atoms with E-state index in [0.717, 1.165) is 25.7 Å². The summed E-state index contributed by atoms with van der Waals surface area (Å²) in [5, 5.41) is 8.58. The Balaban J connectivity index is 1.07. The first-order valence-corrected chi connectivity index (χ1v) is 13.3. The van der Waals surface area contributed by atoms with Crippen molar-refractivity contribution >= 4 is 34.9 Å². The Bertz CT molecular complexity index is 1110. The molecule has 5 aliphatic rings. The van der Waals surface area contributed by atoms with Gasteiger partial charge in [0.1, 0.15) is 6.04 Å². The summed E-state index contributed by atoms with van der Waals surface area (Å²) in [6, 6.07) is 15.6. The Labute approximate surface area is 212 Å². The minimum atomic E-state index is -0.403. The van der Waals surface area contributed by atoms with E-state index in [9.17, 15) is 14.4 Å². The molecule has 7 rings (SSSR count). The summed E-state index contributed by atoms with van der Waals surface area (Å²) in [5.41, 5.74) is 1.78. The van der Waals surface area contributed by atoms with Gasteiger partial charge in [-0.25, -0.2) is 4.79 Å². The lowest BCUT2D eigenvalue weighted by Crippen LogP contribution is -2.56. The fourth-order valence-electron chi connectivity index (χ4n) is 7.64. The van der Waals surface area contributed by atoms with Crippen LogP contribution in [0.25, 0.3) is 0 Å². The van der Waals surface area contributed by atoms with Crippen LogP contribution in [0.5, 0.6) is 0 Å². The van der Waals surface area contributed by atoms with Crippen LogP contribution in [0.3, 0.4) is 0 Å². The first-order valence-electron chi connectivity index (χ1n) is 13.3. The largest absolute Gasteiger partial charge is 0.330 e. The van der Waals surface area contributed by atoms with Crippen molar-refractivity contribution in [2.24, 2.45) is 23.2 Å². The number of nitrogens with zero attached hydrogens (tertiary/aromatic N) is 1. The van der Waals surface area contributed by atoms with Crippen LogP contribution in [0, 0.1) is 23.2 Å². The van der Waals surface area contributed by atoms with Gasteiger partial charge in [-0.3, -0.25) is 9.59 Å². The van der Waals surface area contributed by atoms with Gasteiger partial charge in [0, 0.05) is 23.6 Å². The molecule has 4 bridgehead atoms. The average Bonchev–Trinajstić information content (AvgIpc) is 3.35. The van der Waals surface area contributed by atoms with Crippen molar-refractivity contribution in [2.75, 3.05) is 22.5 Å². The summed E-state index contributed by atoms with van der Waals surface area (Å²) in [5.74, 6) is 2.24. The first-order chi connectivity index (χ1) is 17.5. The summed E-state index contributed by atoms with van der Waals surface area (Å²) < 4.78 is 0. The van der Waals surface area contributed by atoms with Gasteiger partial charge < -0.3 is 20.9 Å². The summed E-state index contributed by atoms with van der Waals surface area (Å²) in [6.07, 6.45) is 8.55. The number of urea groups is 1. The predicted octanol–water partition coefficient (Wildman–Crippen LogP) is 5.48. The Morgan fingerprint density at radius 1 is 0.722 bits per heavy atom. The van der Waals surface area contributed by atoms with Crippen molar-refractivity contribution in [2.45, 2.75) is 57.4 Å². The summed E-state index contributed by atoms with van der Waals surface area (Å²) in [4.78, 5) is 41.2. The lowest BCUT2D eigenvalue weighted by Gasteiger charge is -2.56. The number of rotatable bonds is 5. The monoisotopic (exact) mass is 486 g/mol. The third kappa shape index (κ3) is 4.47. The van der Waals surface area contributed by atoms with Crippen molar-refractivity contribution in [3.8, 4) is 0 Å². The zero-order valence-corrected chi connectivity index (χ0v) is 20.5. The zero-order valence-electron chi connectivity index (χ0n) is 20.5. The number of nitrogens with one attached hydrogen (secondary N) is 3. The zero-order chi connectivity index (χ0) is 24.7. The molecule has 0 radical (unpaired) electrons. The van der Waals surface area contributed by atoms with Crippen LogP contribution in [-0.4, -0.2) is 35.3 Å². The lowest BCUT2D eigenvalue weighted by molar-refractivity contribution is -0.160. The van der Waals surface area contributed by atoms with Gasteiger partial charge >= 0.3 is 6.03 Å². The molecule has 1 aliphatic heterocycles. The lowest BCUT2D eigenvalue weighted by atomic mass is 9.49. The van der Waals surface area contributed by atoms with Crippen LogP contribution in [0.1, 0.15) is 51.4 Å². The van der Waals surface area contributed by atoms with Gasteiger partial charge in [-0.1, -0.05) is 18.2 Å². The number of anilines is 3. The fourth-order valence-corrected chi connectivity index (χ4v) is 7.64. The average molecular weight is 487 g/mol. The molecular weight excluding hydrogens is 452 g/mol. The highest BCUT2D eigenvalue weighted by Crippen LogP contribution is 2.60. The van der Waals surface area contributed by atoms with E-state index in [2.05, 4.69) is 16.0 Å². The molecule has 2 aromatic rings. The molecule has 4 saturated carbocycles. The fraction of sp³-hybridized carbons (Fsp3) is 0.483. The third-order valence-electron chi connectivity index (χ3n) is 8.75. The molecule has 3 N–H and O–H groups in total. The van der Waals surface area contributed by atoms with Gasteiger partial charge in [-0.15, -0.1) is 0 Å². The second kappa shape index (κ2) is 9.26. The van der Waals surface area contributed by atoms with Crippen molar-refractivity contribution in [1.29, 1.82) is 0 Å². The second-order valence-electron chi connectivity index (χ2n) is 11.4. The number of carbonyl (C=O) groups excluding carboxylic acids is 3. The Morgan fingerprint density at radius 3 is 1.83 bits per heavy atom. The highest BCUT2D eigenvalue weighted by molar-refractivity contribution is 6.01. The minimum Gasteiger partial charge on any atom is -0.330 e. The first kappa shape index (κ1) is 23.1. The van der Waals surface area contributed by atoms with Crippen molar-refractivity contribution in [1.82, 2.24) is 4.90 Å². The molecule has 2 aromatic carbocycles. The number of benzene rings is 2. The Hall–Kier alpha value is -3.35. The number of likely N-dealkylation sites (tertiary alicyclic amines) is 1. The molecule has 1 unspecified atom stereocenters. The van der Waals surface area contributed by atoms with E-state index in [0.29, 0.717) is 47.8 Å². The summed E-state index contributed by atoms with van der Waals surface area (Å²) in [6.45, 7) is 0.679. The van der Waals surface area contributed by atoms with Crippen LogP contribution in [0.2, 0.25) is 0 Å². The van der Waals surface area contributed by atoms with Gasteiger partial charge in [0.25, 0.3) is 0 Å². The van der Waals surface area contributed by atoms with Crippen LogP contribution in [0.15, 0.2) is 54.6 Å². The normalized spacial score (nSPS) is 30.2. The maximum atomic E-state index is 13.8. The van der Waals surface area contributed by atoms with Crippen LogP contribution in [0.4, 0.5) is 21.9 Å². The summed E-state index contributed by atoms with van der Waals surface area (Å²) >= 11 is 0. The maximum Gasteiger partial charge on any atom is 0.323 e. The highest BCUT2D eigenvalue weighted by atomic mass is 16.2. The van der Waals surface area contributed by atoms with Crippen molar-refractivity contribution in [3.63, 3.8) is 0 Å². The number of amides is 4. The van der Waals surface area contributed by atoms with Crippen molar-refractivity contribution < 1.29 is 14.4 Å². The van der Waals surface area contributed by atoms with Gasteiger partial charge in [0.05, 0.1) is 5.41 Å². The Kier molecular flexibility index (Phi) is 5.94. The minimum absolute atomic E-state index is 0.117. The SMILES string of the molecule is O=C(Nc1ccccc1)Nc1ccc(NC(=O)C2CCCN2C(=O)C23CC4CC(CC(C4)C2)C3)cc1. The smallest absolute Gasteiger partial charge is 0.323 e. The van der Waals surface area contributed by atoms with E-state index >= 15 is 0 Å². The van der Waals surface area contributed by atoms with Crippen LogP contribution < -0.4 is 16.0 Å². The van der Waals surface area contributed by atoms with Gasteiger partial charge in [0.2, 0.25) is 11.8 Å². The summed E-state index contributed by atoms with van der Waals surface area (Å²) in [7, 11) is 0. The molecule has 4 aliphatic carbocycles.